The fraction of sp³-hybridized carbons (Fsp3) is 0.143. The van der Waals surface area contributed by atoms with Crippen LogP contribution in [-0.2, 0) is 14.8 Å². The summed E-state index contributed by atoms with van der Waals surface area (Å²) in [5.74, 6) is -0.767. The molecule has 0 fully saturated rings. The van der Waals surface area contributed by atoms with Gasteiger partial charge in [0.05, 0.1) is 6.54 Å². The second-order valence-corrected chi connectivity index (χ2v) is 9.45. The van der Waals surface area contributed by atoms with Crippen molar-refractivity contribution in [3.63, 3.8) is 0 Å². The van der Waals surface area contributed by atoms with E-state index < -0.39 is 15.9 Å². The summed E-state index contributed by atoms with van der Waals surface area (Å²) < 4.78 is 27.1. The van der Waals surface area contributed by atoms with Crippen LogP contribution in [0.2, 0.25) is 0 Å². The van der Waals surface area contributed by atoms with Crippen LogP contribution in [0.1, 0.15) is 21.5 Å². The summed E-state index contributed by atoms with van der Waals surface area (Å²) in [4.78, 5) is 24.4. The van der Waals surface area contributed by atoms with E-state index in [2.05, 4.69) is 15.4 Å². The van der Waals surface area contributed by atoms with Crippen molar-refractivity contribution in [3.05, 3.63) is 76.7 Å². The molecule has 9 heteroatoms. The monoisotopic (exact) mass is 443 g/mol. The lowest BCUT2D eigenvalue weighted by Crippen LogP contribution is -2.33. The van der Waals surface area contributed by atoms with Crippen LogP contribution in [-0.4, -0.2) is 26.8 Å². The Morgan fingerprint density at radius 2 is 1.70 bits per heavy atom. The van der Waals surface area contributed by atoms with E-state index in [0.717, 1.165) is 22.5 Å². The maximum absolute atomic E-state index is 12.3. The highest BCUT2D eigenvalue weighted by atomic mass is 32.2. The Kier molecular flexibility index (Phi) is 6.53. The highest BCUT2D eigenvalue weighted by Gasteiger charge is 2.15. The summed E-state index contributed by atoms with van der Waals surface area (Å²) in [7, 11) is -3.65. The number of aryl methyl sites for hydroxylation is 1. The maximum Gasteiger partial charge on any atom is 0.271 e. The van der Waals surface area contributed by atoms with Crippen molar-refractivity contribution in [2.45, 2.75) is 18.1 Å². The minimum Gasteiger partial charge on any atom is -0.343 e. The number of rotatable bonds is 7. The first-order chi connectivity index (χ1) is 14.3. The lowest BCUT2D eigenvalue weighted by atomic mass is 10.1. The number of hydrogen-bond acceptors (Lipinski definition) is 5. The van der Waals surface area contributed by atoms with E-state index in [0.29, 0.717) is 16.9 Å². The van der Waals surface area contributed by atoms with Gasteiger partial charge in [0.1, 0.15) is 4.21 Å². The van der Waals surface area contributed by atoms with E-state index in [1.807, 2.05) is 26.0 Å². The summed E-state index contributed by atoms with van der Waals surface area (Å²) in [5, 5.41) is 7.01. The lowest BCUT2D eigenvalue weighted by Gasteiger charge is -2.11. The van der Waals surface area contributed by atoms with Gasteiger partial charge >= 0.3 is 0 Å². The summed E-state index contributed by atoms with van der Waals surface area (Å²) >= 11 is 1.12. The Morgan fingerprint density at radius 3 is 2.37 bits per heavy atom. The highest BCUT2D eigenvalue weighted by Crippen LogP contribution is 2.20. The van der Waals surface area contributed by atoms with Crippen molar-refractivity contribution < 1.29 is 18.0 Å². The number of benzene rings is 2. The Bertz CT molecular complexity index is 1160. The molecule has 0 aliphatic heterocycles. The molecule has 0 saturated heterocycles. The Morgan fingerprint density at radius 1 is 0.967 bits per heavy atom. The first-order valence-electron chi connectivity index (χ1n) is 9.07. The minimum absolute atomic E-state index is 0.182. The van der Waals surface area contributed by atoms with E-state index >= 15 is 0 Å². The number of carbonyl (C=O) groups excluding carboxylic acids is 2. The number of carbonyl (C=O) groups is 2. The third kappa shape index (κ3) is 5.25. The minimum atomic E-state index is -3.65. The molecule has 0 aliphatic rings. The fourth-order valence-electron chi connectivity index (χ4n) is 2.66. The standard InChI is InChI=1S/C21H21N3O4S2/c1-14-5-3-6-18(15(14)2)23-19(25)13-22-21(26)16-8-10-17(11-9-16)24-30(27,28)20-7-4-12-29-20/h3-12,24H,13H2,1-2H3,(H,22,26)(H,23,25). The van der Waals surface area contributed by atoms with Crippen LogP contribution in [0.5, 0.6) is 0 Å². The SMILES string of the molecule is Cc1cccc(NC(=O)CNC(=O)c2ccc(NS(=O)(=O)c3cccs3)cc2)c1C. The number of nitrogens with one attached hydrogen (secondary N) is 3. The Hall–Kier alpha value is -3.17. The largest absolute Gasteiger partial charge is 0.343 e. The number of sulfonamides is 1. The molecular formula is C21H21N3O4S2. The number of anilines is 2. The first kappa shape index (κ1) is 21.5. The van der Waals surface area contributed by atoms with Crippen LogP contribution >= 0.6 is 11.3 Å². The second-order valence-electron chi connectivity index (χ2n) is 6.59. The van der Waals surface area contributed by atoms with Crippen molar-refractivity contribution in [1.82, 2.24) is 5.32 Å². The van der Waals surface area contributed by atoms with Gasteiger partial charge in [0.15, 0.2) is 0 Å². The average molecular weight is 444 g/mol. The zero-order valence-corrected chi connectivity index (χ0v) is 18.1. The number of thiophene rings is 1. The van der Waals surface area contributed by atoms with E-state index in [4.69, 9.17) is 0 Å². The molecular weight excluding hydrogens is 422 g/mol. The summed E-state index contributed by atoms with van der Waals surface area (Å²) in [6.45, 7) is 3.69. The Balaban J connectivity index is 1.56. The van der Waals surface area contributed by atoms with Gasteiger partial charge in [-0.1, -0.05) is 18.2 Å². The molecule has 156 valence electrons. The topological polar surface area (TPSA) is 104 Å². The zero-order valence-electron chi connectivity index (χ0n) is 16.4. The molecule has 0 aliphatic carbocycles. The third-order valence-corrected chi connectivity index (χ3v) is 7.23. The molecule has 7 nitrogen and oxygen atoms in total. The smallest absolute Gasteiger partial charge is 0.271 e. The van der Waals surface area contributed by atoms with E-state index in [9.17, 15) is 18.0 Å². The van der Waals surface area contributed by atoms with E-state index in [-0.39, 0.29) is 16.7 Å². The predicted molar refractivity (Wildman–Crippen MR) is 118 cm³/mol. The van der Waals surface area contributed by atoms with Crippen LogP contribution in [0.15, 0.2) is 64.2 Å². The van der Waals surface area contributed by atoms with Gasteiger partial charge in [-0.15, -0.1) is 11.3 Å². The van der Waals surface area contributed by atoms with E-state index in [1.165, 1.54) is 30.3 Å². The molecule has 3 aromatic rings. The summed E-state index contributed by atoms with van der Waals surface area (Å²) in [6, 6.07) is 14.8. The molecule has 0 spiro atoms. The normalized spacial score (nSPS) is 11.0. The van der Waals surface area contributed by atoms with Crippen LogP contribution in [0, 0.1) is 13.8 Å². The van der Waals surface area contributed by atoms with Gasteiger partial charge in [-0.25, -0.2) is 8.42 Å². The van der Waals surface area contributed by atoms with Crippen LogP contribution < -0.4 is 15.4 Å². The van der Waals surface area contributed by atoms with Crippen molar-refractivity contribution in [2.75, 3.05) is 16.6 Å². The molecule has 0 bridgehead atoms. The molecule has 30 heavy (non-hydrogen) atoms. The van der Waals surface area contributed by atoms with Crippen molar-refractivity contribution in [1.29, 1.82) is 0 Å². The molecule has 0 saturated carbocycles. The van der Waals surface area contributed by atoms with E-state index in [1.54, 1.807) is 17.5 Å². The molecule has 1 heterocycles. The third-order valence-electron chi connectivity index (χ3n) is 4.45. The predicted octanol–water partition coefficient (Wildman–Crippen LogP) is 3.53. The molecule has 1 aromatic heterocycles. The summed E-state index contributed by atoms with van der Waals surface area (Å²) in [6.07, 6.45) is 0. The van der Waals surface area contributed by atoms with Crippen LogP contribution in [0.3, 0.4) is 0 Å². The molecule has 3 N–H and O–H groups in total. The van der Waals surface area contributed by atoms with Crippen molar-refractivity contribution >= 4 is 44.5 Å². The van der Waals surface area contributed by atoms with Gasteiger partial charge in [0, 0.05) is 16.9 Å². The van der Waals surface area contributed by atoms with Crippen molar-refractivity contribution in [3.8, 4) is 0 Å². The van der Waals surface area contributed by atoms with Crippen LogP contribution in [0.25, 0.3) is 0 Å². The molecule has 0 radical (unpaired) electrons. The number of hydrogen-bond donors (Lipinski definition) is 3. The highest BCUT2D eigenvalue weighted by molar-refractivity contribution is 7.94. The maximum atomic E-state index is 12.3. The molecule has 2 amide bonds. The molecule has 0 unspecified atom stereocenters. The quantitative estimate of drug-likeness (QED) is 0.519. The summed E-state index contributed by atoms with van der Waals surface area (Å²) in [5.41, 5.74) is 3.39. The van der Waals surface area contributed by atoms with Gasteiger partial charge in [-0.3, -0.25) is 14.3 Å². The average Bonchev–Trinajstić information content (AvgIpc) is 3.26. The zero-order chi connectivity index (χ0) is 21.7. The lowest BCUT2D eigenvalue weighted by molar-refractivity contribution is -0.115. The van der Waals surface area contributed by atoms with Gasteiger partial charge in [0.25, 0.3) is 15.9 Å². The van der Waals surface area contributed by atoms with Gasteiger partial charge in [-0.05, 0) is 66.8 Å². The Labute approximate surface area is 179 Å². The second kappa shape index (κ2) is 9.10. The van der Waals surface area contributed by atoms with Gasteiger partial charge < -0.3 is 10.6 Å². The van der Waals surface area contributed by atoms with Gasteiger partial charge in [0.2, 0.25) is 5.91 Å². The first-order valence-corrected chi connectivity index (χ1v) is 11.4. The van der Waals surface area contributed by atoms with Crippen molar-refractivity contribution in [2.24, 2.45) is 0 Å². The molecule has 3 rings (SSSR count). The molecule has 0 atom stereocenters. The van der Waals surface area contributed by atoms with Crippen LogP contribution in [0.4, 0.5) is 11.4 Å². The number of amides is 2. The molecule has 2 aromatic carbocycles. The fourth-order valence-corrected chi connectivity index (χ4v) is 4.71. The van der Waals surface area contributed by atoms with Gasteiger partial charge in [-0.2, -0.15) is 0 Å².